The normalized spacial score (nSPS) is 10.8. The van der Waals surface area contributed by atoms with E-state index in [2.05, 4.69) is 0 Å². The van der Waals surface area contributed by atoms with Crippen LogP contribution in [0.25, 0.3) is 22.3 Å². The molecule has 26 heavy (non-hydrogen) atoms. The Labute approximate surface area is 156 Å². The highest BCUT2D eigenvalue weighted by atomic mass is 32.2. The maximum Gasteiger partial charge on any atom is 0.309 e. The zero-order valence-corrected chi connectivity index (χ0v) is 15.9. The fraction of sp³-hybridized carbons (Fsp3) is 0.250. The molecule has 1 heterocycles. The maximum absolute atomic E-state index is 11.6. The van der Waals surface area contributed by atoms with E-state index in [4.69, 9.17) is 18.6 Å². The van der Waals surface area contributed by atoms with Crippen LogP contribution in [-0.2, 0) is 16.0 Å². The molecule has 1 aromatic heterocycles. The van der Waals surface area contributed by atoms with Gasteiger partial charge >= 0.3 is 5.97 Å². The average molecular weight is 372 g/mol. The molecule has 0 N–H and O–H groups in total. The van der Waals surface area contributed by atoms with E-state index in [-0.39, 0.29) is 12.4 Å². The lowest BCUT2D eigenvalue weighted by Crippen LogP contribution is -2.03. The molecule has 3 aromatic rings. The maximum atomic E-state index is 11.6. The standard InChI is InChI=1S/C20H20O5S/c1-22-16-8-6-13(11-17(16)23-2)19-20(26-4)14-9-12(10-18(21)24-3)5-7-15(14)25-19/h5-9,11H,10H2,1-4H3. The predicted molar refractivity (Wildman–Crippen MR) is 102 cm³/mol. The van der Waals surface area contributed by atoms with Crippen molar-refractivity contribution >= 4 is 28.7 Å². The van der Waals surface area contributed by atoms with Crippen molar-refractivity contribution < 1.29 is 23.4 Å². The third kappa shape index (κ3) is 3.37. The highest BCUT2D eigenvalue weighted by molar-refractivity contribution is 7.99. The smallest absolute Gasteiger partial charge is 0.309 e. The summed E-state index contributed by atoms with van der Waals surface area (Å²) >= 11 is 1.60. The van der Waals surface area contributed by atoms with E-state index < -0.39 is 0 Å². The second-order valence-corrected chi connectivity index (χ2v) is 6.43. The van der Waals surface area contributed by atoms with Crippen LogP contribution in [0.1, 0.15) is 5.56 Å². The molecule has 0 aliphatic heterocycles. The van der Waals surface area contributed by atoms with Gasteiger partial charge in [-0.15, -0.1) is 11.8 Å². The molecule has 2 aromatic carbocycles. The van der Waals surface area contributed by atoms with Gasteiger partial charge < -0.3 is 18.6 Å². The van der Waals surface area contributed by atoms with Gasteiger partial charge in [0, 0.05) is 10.9 Å². The molecular weight excluding hydrogens is 352 g/mol. The van der Waals surface area contributed by atoms with E-state index >= 15 is 0 Å². The van der Waals surface area contributed by atoms with Crippen molar-refractivity contribution in [2.24, 2.45) is 0 Å². The average Bonchev–Trinajstić information content (AvgIpc) is 3.05. The minimum Gasteiger partial charge on any atom is -0.493 e. The molecule has 0 atom stereocenters. The van der Waals surface area contributed by atoms with Crippen LogP contribution in [0.2, 0.25) is 0 Å². The van der Waals surface area contributed by atoms with E-state index in [0.717, 1.165) is 32.8 Å². The number of benzene rings is 2. The van der Waals surface area contributed by atoms with Crippen molar-refractivity contribution in [3.8, 4) is 22.8 Å². The van der Waals surface area contributed by atoms with Crippen molar-refractivity contribution in [3.05, 3.63) is 42.0 Å². The molecule has 6 heteroatoms. The Kier molecular flexibility index (Phi) is 5.42. The highest BCUT2D eigenvalue weighted by Gasteiger charge is 2.18. The summed E-state index contributed by atoms with van der Waals surface area (Å²) in [6, 6.07) is 11.4. The Morgan fingerprint density at radius 3 is 2.46 bits per heavy atom. The summed E-state index contributed by atoms with van der Waals surface area (Å²) in [7, 11) is 4.60. The van der Waals surface area contributed by atoms with Crippen LogP contribution in [0.3, 0.4) is 0 Å². The minimum atomic E-state index is -0.265. The first kappa shape index (κ1) is 18.2. The van der Waals surface area contributed by atoms with E-state index in [1.165, 1.54) is 7.11 Å². The van der Waals surface area contributed by atoms with Crippen LogP contribution >= 0.6 is 11.8 Å². The van der Waals surface area contributed by atoms with E-state index in [9.17, 15) is 4.79 Å². The van der Waals surface area contributed by atoms with Crippen LogP contribution in [0.5, 0.6) is 11.5 Å². The van der Waals surface area contributed by atoms with Gasteiger partial charge in [-0.05, 0) is 42.2 Å². The van der Waals surface area contributed by atoms with E-state index in [1.54, 1.807) is 26.0 Å². The zero-order chi connectivity index (χ0) is 18.7. The van der Waals surface area contributed by atoms with E-state index in [1.807, 2.05) is 42.7 Å². The quantitative estimate of drug-likeness (QED) is 0.467. The highest BCUT2D eigenvalue weighted by Crippen LogP contribution is 2.42. The molecule has 0 radical (unpaired) electrons. The molecule has 0 unspecified atom stereocenters. The molecule has 0 aliphatic rings. The van der Waals surface area contributed by atoms with Crippen molar-refractivity contribution in [1.29, 1.82) is 0 Å². The Morgan fingerprint density at radius 1 is 1.04 bits per heavy atom. The van der Waals surface area contributed by atoms with Gasteiger partial charge in [-0.1, -0.05) is 6.07 Å². The fourth-order valence-electron chi connectivity index (χ4n) is 2.84. The summed E-state index contributed by atoms with van der Waals surface area (Å²) in [4.78, 5) is 12.6. The second kappa shape index (κ2) is 7.74. The first-order valence-electron chi connectivity index (χ1n) is 8.00. The number of carbonyl (C=O) groups is 1. The van der Waals surface area contributed by atoms with Gasteiger partial charge in [-0.3, -0.25) is 4.79 Å². The van der Waals surface area contributed by atoms with Gasteiger partial charge in [0.2, 0.25) is 0 Å². The van der Waals surface area contributed by atoms with Crippen molar-refractivity contribution in [3.63, 3.8) is 0 Å². The molecule has 136 valence electrons. The number of rotatable bonds is 6. The number of methoxy groups -OCH3 is 3. The summed E-state index contributed by atoms with van der Waals surface area (Å²) in [6.07, 6.45) is 2.23. The summed E-state index contributed by atoms with van der Waals surface area (Å²) in [5.41, 5.74) is 2.56. The van der Waals surface area contributed by atoms with Gasteiger partial charge in [-0.2, -0.15) is 0 Å². The summed E-state index contributed by atoms with van der Waals surface area (Å²) in [5.74, 6) is 1.81. The molecule has 5 nitrogen and oxygen atoms in total. The third-order valence-corrected chi connectivity index (χ3v) is 4.95. The zero-order valence-electron chi connectivity index (χ0n) is 15.1. The number of fused-ring (bicyclic) bond motifs is 1. The lowest BCUT2D eigenvalue weighted by Gasteiger charge is -2.09. The van der Waals surface area contributed by atoms with Crippen LogP contribution in [0, 0.1) is 0 Å². The first-order valence-corrected chi connectivity index (χ1v) is 9.22. The number of hydrogen-bond acceptors (Lipinski definition) is 6. The Morgan fingerprint density at radius 2 is 1.81 bits per heavy atom. The predicted octanol–water partition coefficient (Wildman–Crippen LogP) is 4.55. The Balaban J connectivity index is 2.10. The van der Waals surface area contributed by atoms with Crippen LogP contribution in [0.4, 0.5) is 0 Å². The SMILES string of the molecule is COC(=O)Cc1ccc2oc(-c3ccc(OC)c(OC)c3)c(SC)c2c1. The molecule has 0 aliphatic carbocycles. The van der Waals surface area contributed by atoms with Crippen molar-refractivity contribution in [2.75, 3.05) is 27.6 Å². The fourth-order valence-corrected chi connectivity index (χ4v) is 3.57. The number of carbonyl (C=O) groups excluding carboxylic acids is 1. The molecule has 0 saturated heterocycles. The van der Waals surface area contributed by atoms with Crippen LogP contribution in [0.15, 0.2) is 45.7 Å². The Bertz CT molecular complexity index is 945. The van der Waals surface area contributed by atoms with Crippen molar-refractivity contribution in [2.45, 2.75) is 11.3 Å². The van der Waals surface area contributed by atoms with Gasteiger partial charge in [-0.25, -0.2) is 0 Å². The monoisotopic (exact) mass is 372 g/mol. The summed E-state index contributed by atoms with van der Waals surface area (Å²) in [5, 5.41) is 0.976. The topological polar surface area (TPSA) is 57.9 Å². The molecule has 0 saturated carbocycles. The first-order chi connectivity index (χ1) is 12.6. The summed E-state index contributed by atoms with van der Waals surface area (Å²) < 4.78 is 21.6. The second-order valence-electron chi connectivity index (χ2n) is 5.62. The number of hydrogen-bond donors (Lipinski definition) is 0. The van der Waals surface area contributed by atoms with Crippen LogP contribution in [-0.4, -0.2) is 33.6 Å². The molecule has 0 fully saturated rings. The molecule has 0 spiro atoms. The van der Waals surface area contributed by atoms with E-state index in [0.29, 0.717) is 11.5 Å². The van der Waals surface area contributed by atoms with Crippen LogP contribution < -0.4 is 9.47 Å². The van der Waals surface area contributed by atoms with Gasteiger partial charge in [0.1, 0.15) is 11.3 Å². The molecule has 0 amide bonds. The lowest BCUT2D eigenvalue weighted by molar-refractivity contribution is -0.139. The van der Waals surface area contributed by atoms with Gasteiger partial charge in [0.05, 0.1) is 32.6 Å². The lowest BCUT2D eigenvalue weighted by atomic mass is 10.1. The molecular formula is C20H20O5S. The van der Waals surface area contributed by atoms with Gasteiger partial charge in [0.25, 0.3) is 0 Å². The Hall–Kier alpha value is -2.60. The number of ether oxygens (including phenoxy) is 3. The number of thioether (sulfide) groups is 1. The van der Waals surface area contributed by atoms with Gasteiger partial charge in [0.15, 0.2) is 11.5 Å². The summed E-state index contributed by atoms with van der Waals surface area (Å²) in [6.45, 7) is 0. The molecule has 0 bridgehead atoms. The molecule has 3 rings (SSSR count). The minimum absolute atomic E-state index is 0.233. The van der Waals surface area contributed by atoms with Crippen molar-refractivity contribution in [1.82, 2.24) is 0 Å². The third-order valence-electron chi connectivity index (χ3n) is 4.13. The largest absolute Gasteiger partial charge is 0.493 e. The number of furan rings is 1. The number of esters is 1.